The first kappa shape index (κ1) is 26.6. The first-order chi connectivity index (χ1) is 17.1. The first-order valence-corrected chi connectivity index (χ1v) is 13.9. The number of amides is 2. The Labute approximate surface area is 220 Å². The molecule has 2 aromatic carbocycles. The Morgan fingerprint density at radius 2 is 1.67 bits per heavy atom. The molecule has 2 aliphatic rings. The summed E-state index contributed by atoms with van der Waals surface area (Å²) < 4.78 is 39.1. The van der Waals surface area contributed by atoms with Gasteiger partial charge in [-0.15, -0.1) is 0 Å². The molecule has 2 fully saturated rings. The number of piperazine rings is 1. The van der Waals surface area contributed by atoms with Gasteiger partial charge in [0.25, 0.3) is 0 Å². The average molecular weight is 581 g/mol. The SMILES string of the molecule is COc1ccc(CCN2C(=O)C[C@@H](N3CCN(S(=O)(=O)c4ccc(Br)c(C)c4)CC3)C2=O)cc1OC. The van der Waals surface area contributed by atoms with E-state index in [2.05, 4.69) is 15.9 Å². The highest BCUT2D eigenvalue weighted by Gasteiger charge is 2.43. The summed E-state index contributed by atoms with van der Waals surface area (Å²) in [6, 6.07) is 9.95. The molecule has 0 saturated carbocycles. The molecule has 194 valence electrons. The van der Waals surface area contributed by atoms with E-state index in [-0.39, 0.29) is 42.8 Å². The molecule has 0 spiro atoms. The lowest BCUT2D eigenvalue weighted by Crippen LogP contribution is -2.53. The van der Waals surface area contributed by atoms with Crippen molar-refractivity contribution >= 4 is 37.8 Å². The maximum absolute atomic E-state index is 13.1. The number of carbonyl (C=O) groups is 2. The van der Waals surface area contributed by atoms with E-state index in [1.54, 1.807) is 38.5 Å². The van der Waals surface area contributed by atoms with Gasteiger partial charge in [-0.2, -0.15) is 4.31 Å². The summed E-state index contributed by atoms with van der Waals surface area (Å²) in [7, 11) is -0.503. The number of sulfonamides is 1. The zero-order valence-corrected chi connectivity index (χ0v) is 23.0. The molecular formula is C25H30BrN3O6S. The molecule has 0 aromatic heterocycles. The van der Waals surface area contributed by atoms with Gasteiger partial charge in [0.1, 0.15) is 0 Å². The highest BCUT2D eigenvalue weighted by atomic mass is 79.9. The summed E-state index contributed by atoms with van der Waals surface area (Å²) in [5.74, 6) is 0.787. The van der Waals surface area contributed by atoms with E-state index in [0.717, 1.165) is 15.6 Å². The van der Waals surface area contributed by atoms with Gasteiger partial charge in [-0.1, -0.05) is 22.0 Å². The molecule has 1 atom stereocenters. The number of ether oxygens (including phenoxy) is 2. The zero-order chi connectivity index (χ0) is 26.0. The lowest BCUT2D eigenvalue weighted by atomic mass is 10.1. The quantitative estimate of drug-likeness (QED) is 0.443. The van der Waals surface area contributed by atoms with E-state index < -0.39 is 16.1 Å². The summed E-state index contributed by atoms with van der Waals surface area (Å²) in [5.41, 5.74) is 1.77. The molecule has 4 rings (SSSR count). The molecule has 9 nitrogen and oxygen atoms in total. The van der Waals surface area contributed by atoms with Gasteiger partial charge >= 0.3 is 0 Å². The minimum atomic E-state index is -3.63. The predicted molar refractivity (Wildman–Crippen MR) is 138 cm³/mol. The van der Waals surface area contributed by atoms with Crippen LogP contribution in [0.3, 0.4) is 0 Å². The number of nitrogens with zero attached hydrogens (tertiary/aromatic N) is 3. The minimum Gasteiger partial charge on any atom is -0.493 e. The van der Waals surface area contributed by atoms with Crippen LogP contribution >= 0.6 is 15.9 Å². The Hall–Kier alpha value is -2.47. The van der Waals surface area contributed by atoms with Crippen LogP contribution in [0, 0.1) is 6.92 Å². The van der Waals surface area contributed by atoms with Crippen LogP contribution in [-0.4, -0.2) is 87.3 Å². The second kappa shape index (κ2) is 10.9. The normalized spacial score (nSPS) is 19.7. The molecule has 0 radical (unpaired) electrons. The van der Waals surface area contributed by atoms with Gasteiger partial charge in [0.05, 0.1) is 31.6 Å². The third kappa shape index (κ3) is 5.29. The van der Waals surface area contributed by atoms with Gasteiger partial charge in [0.15, 0.2) is 11.5 Å². The highest BCUT2D eigenvalue weighted by molar-refractivity contribution is 9.10. The Morgan fingerprint density at radius 3 is 2.31 bits per heavy atom. The summed E-state index contributed by atoms with van der Waals surface area (Å²) >= 11 is 3.40. The van der Waals surface area contributed by atoms with Crippen molar-refractivity contribution in [1.29, 1.82) is 0 Å². The molecule has 2 heterocycles. The van der Waals surface area contributed by atoms with Crippen LogP contribution in [0.1, 0.15) is 17.5 Å². The topological polar surface area (TPSA) is 96.5 Å². The minimum absolute atomic E-state index is 0.115. The van der Waals surface area contributed by atoms with Crippen LogP contribution in [0.25, 0.3) is 0 Å². The van der Waals surface area contributed by atoms with E-state index in [1.165, 1.54) is 9.21 Å². The first-order valence-electron chi connectivity index (χ1n) is 11.7. The number of imide groups is 1. The molecule has 36 heavy (non-hydrogen) atoms. The smallest absolute Gasteiger partial charge is 0.247 e. The van der Waals surface area contributed by atoms with Crippen LogP contribution in [0.15, 0.2) is 45.8 Å². The number of rotatable bonds is 8. The van der Waals surface area contributed by atoms with Crippen molar-refractivity contribution < 1.29 is 27.5 Å². The van der Waals surface area contributed by atoms with Gasteiger partial charge in [-0.25, -0.2) is 8.42 Å². The summed E-state index contributed by atoms with van der Waals surface area (Å²) in [5, 5.41) is 0. The molecule has 0 bridgehead atoms. The predicted octanol–water partition coefficient (Wildman–Crippen LogP) is 2.45. The van der Waals surface area contributed by atoms with E-state index >= 15 is 0 Å². The number of halogens is 1. The maximum Gasteiger partial charge on any atom is 0.247 e. The number of hydrogen-bond donors (Lipinski definition) is 0. The van der Waals surface area contributed by atoms with Gasteiger partial charge < -0.3 is 9.47 Å². The van der Waals surface area contributed by atoms with E-state index in [1.807, 2.05) is 24.0 Å². The van der Waals surface area contributed by atoms with Crippen molar-refractivity contribution in [2.45, 2.75) is 30.7 Å². The lowest BCUT2D eigenvalue weighted by molar-refractivity contribution is -0.139. The van der Waals surface area contributed by atoms with Gasteiger partial charge in [0, 0.05) is 37.2 Å². The monoisotopic (exact) mass is 579 g/mol. The van der Waals surface area contributed by atoms with E-state index in [0.29, 0.717) is 31.0 Å². The molecule has 0 unspecified atom stereocenters. The van der Waals surface area contributed by atoms with Gasteiger partial charge in [-0.3, -0.25) is 19.4 Å². The fourth-order valence-electron chi connectivity index (χ4n) is 4.65. The fourth-order valence-corrected chi connectivity index (χ4v) is 6.40. The van der Waals surface area contributed by atoms with Crippen molar-refractivity contribution in [3.05, 3.63) is 52.0 Å². The highest BCUT2D eigenvalue weighted by Crippen LogP contribution is 2.29. The van der Waals surface area contributed by atoms with Crippen molar-refractivity contribution in [3.63, 3.8) is 0 Å². The number of benzene rings is 2. The molecular weight excluding hydrogens is 550 g/mol. The summed E-state index contributed by atoms with van der Waals surface area (Å²) in [6.45, 7) is 3.44. The van der Waals surface area contributed by atoms with Crippen molar-refractivity contribution in [2.24, 2.45) is 0 Å². The van der Waals surface area contributed by atoms with Crippen molar-refractivity contribution in [1.82, 2.24) is 14.1 Å². The molecule has 11 heteroatoms. The van der Waals surface area contributed by atoms with Crippen LogP contribution in [0.4, 0.5) is 0 Å². The lowest BCUT2D eigenvalue weighted by Gasteiger charge is -2.36. The fraction of sp³-hybridized carbons (Fsp3) is 0.440. The molecule has 2 aromatic rings. The molecule has 2 saturated heterocycles. The Bertz CT molecular complexity index is 1260. The number of hydrogen-bond acceptors (Lipinski definition) is 7. The summed E-state index contributed by atoms with van der Waals surface area (Å²) in [6.07, 6.45) is 0.618. The number of methoxy groups -OCH3 is 2. The van der Waals surface area contributed by atoms with Crippen molar-refractivity contribution in [3.8, 4) is 11.5 Å². The third-order valence-corrected chi connectivity index (χ3v) is 9.56. The van der Waals surface area contributed by atoms with Gasteiger partial charge in [-0.05, 0) is 54.8 Å². The zero-order valence-electron chi connectivity index (χ0n) is 20.6. The van der Waals surface area contributed by atoms with Crippen molar-refractivity contribution in [2.75, 3.05) is 46.9 Å². The number of carbonyl (C=O) groups excluding carboxylic acids is 2. The van der Waals surface area contributed by atoms with Crippen LogP contribution in [0.2, 0.25) is 0 Å². The standard InChI is InChI=1S/C25H30BrN3O6S/c1-17-14-19(5-6-20(17)26)36(32,33)28-12-10-27(11-13-28)21-16-24(30)29(25(21)31)9-8-18-4-7-22(34-2)23(15-18)35-3/h4-7,14-15,21H,8-13,16H2,1-3H3/t21-/m1/s1. The van der Waals surface area contributed by atoms with Gasteiger partial charge in [0.2, 0.25) is 21.8 Å². The van der Waals surface area contributed by atoms with Crippen LogP contribution in [-0.2, 0) is 26.0 Å². The van der Waals surface area contributed by atoms with Crippen LogP contribution < -0.4 is 9.47 Å². The van der Waals surface area contributed by atoms with E-state index in [9.17, 15) is 18.0 Å². The number of aryl methyl sites for hydroxylation is 1. The Kier molecular flexibility index (Phi) is 8.03. The number of likely N-dealkylation sites (tertiary alicyclic amines) is 1. The van der Waals surface area contributed by atoms with E-state index in [4.69, 9.17) is 9.47 Å². The second-order valence-electron chi connectivity index (χ2n) is 8.89. The Morgan fingerprint density at radius 1 is 0.972 bits per heavy atom. The summed E-state index contributed by atoms with van der Waals surface area (Å²) in [4.78, 5) is 29.3. The second-order valence-corrected chi connectivity index (χ2v) is 11.7. The molecule has 0 N–H and O–H groups in total. The maximum atomic E-state index is 13.1. The molecule has 2 aliphatic heterocycles. The molecule has 0 aliphatic carbocycles. The molecule has 2 amide bonds. The van der Waals surface area contributed by atoms with Crippen LogP contribution in [0.5, 0.6) is 11.5 Å². The largest absolute Gasteiger partial charge is 0.493 e. The average Bonchev–Trinajstić information content (AvgIpc) is 3.17. The third-order valence-electron chi connectivity index (χ3n) is 6.77. The Balaban J connectivity index is 1.36.